The molecule has 1 aromatic rings. The number of aliphatic hydroxyl groups is 1. The van der Waals surface area contributed by atoms with Crippen LogP contribution in [0.15, 0.2) is 29.3 Å². The third-order valence-electron chi connectivity index (χ3n) is 4.10. The lowest BCUT2D eigenvalue weighted by Gasteiger charge is -2.30. The van der Waals surface area contributed by atoms with Crippen LogP contribution in [0, 0.1) is 0 Å². The van der Waals surface area contributed by atoms with Gasteiger partial charge in [-0.15, -0.1) is 24.0 Å². The number of benzene rings is 1. The summed E-state index contributed by atoms with van der Waals surface area (Å²) in [6, 6.07) is 8.33. The van der Waals surface area contributed by atoms with Crippen molar-refractivity contribution in [2.24, 2.45) is 10.7 Å². The second-order valence-corrected chi connectivity index (χ2v) is 5.90. The van der Waals surface area contributed by atoms with Gasteiger partial charge in [-0.2, -0.15) is 0 Å². The van der Waals surface area contributed by atoms with E-state index >= 15 is 0 Å². The van der Waals surface area contributed by atoms with E-state index in [0.717, 1.165) is 32.5 Å². The number of ether oxygens (including phenoxy) is 1. The molecule has 7 heteroatoms. The standard InChI is InChI=1S/C17H28N4O2.HI/c1-23-11-8-19-17(18)20-12-14-4-2-3-5-15(14)13-21-9-6-16(22)7-10-21;/h2-5,16,22H,6-13H2,1H3,(H3,18,19,20);1H. The molecule has 136 valence electrons. The lowest BCUT2D eigenvalue weighted by Crippen LogP contribution is -2.35. The molecular weight excluding hydrogens is 419 g/mol. The van der Waals surface area contributed by atoms with Gasteiger partial charge in [-0.1, -0.05) is 24.3 Å². The summed E-state index contributed by atoms with van der Waals surface area (Å²) in [5.74, 6) is 0.443. The van der Waals surface area contributed by atoms with Gasteiger partial charge in [-0.05, 0) is 24.0 Å². The van der Waals surface area contributed by atoms with Gasteiger partial charge < -0.3 is 20.9 Å². The number of methoxy groups -OCH3 is 1. The Balaban J connectivity index is 0.00000288. The lowest BCUT2D eigenvalue weighted by atomic mass is 10.0. The smallest absolute Gasteiger partial charge is 0.188 e. The Labute approximate surface area is 161 Å². The molecule has 0 spiro atoms. The van der Waals surface area contributed by atoms with Crippen LogP contribution in [0.25, 0.3) is 0 Å². The summed E-state index contributed by atoms with van der Waals surface area (Å²) in [6.07, 6.45) is 1.58. The zero-order valence-corrected chi connectivity index (χ0v) is 16.6. The van der Waals surface area contributed by atoms with Crippen LogP contribution >= 0.6 is 24.0 Å². The Hall–Kier alpha value is -0.900. The molecule has 6 nitrogen and oxygen atoms in total. The second kappa shape index (κ2) is 11.6. The molecule has 1 aliphatic heterocycles. The number of nitrogens with two attached hydrogens (primary N) is 1. The van der Waals surface area contributed by atoms with Crippen molar-refractivity contribution >= 4 is 29.9 Å². The number of piperidine rings is 1. The van der Waals surface area contributed by atoms with E-state index in [1.54, 1.807) is 7.11 Å². The maximum absolute atomic E-state index is 9.61. The van der Waals surface area contributed by atoms with Gasteiger partial charge in [0, 0.05) is 33.3 Å². The largest absolute Gasteiger partial charge is 0.393 e. The number of hydrogen-bond acceptors (Lipinski definition) is 4. The van der Waals surface area contributed by atoms with Gasteiger partial charge in [-0.25, -0.2) is 4.99 Å². The molecule has 4 N–H and O–H groups in total. The van der Waals surface area contributed by atoms with Crippen LogP contribution in [-0.2, 0) is 17.8 Å². The molecule has 1 heterocycles. The number of aliphatic imine (C=N–C) groups is 1. The summed E-state index contributed by atoms with van der Waals surface area (Å²) in [6.45, 7) is 4.62. The molecule has 0 amide bonds. The Morgan fingerprint density at radius 3 is 2.67 bits per heavy atom. The van der Waals surface area contributed by atoms with Crippen LogP contribution in [0.2, 0.25) is 0 Å². The highest BCUT2D eigenvalue weighted by Gasteiger charge is 2.17. The first-order valence-electron chi connectivity index (χ1n) is 8.19. The van der Waals surface area contributed by atoms with E-state index in [0.29, 0.717) is 25.7 Å². The predicted molar refractivity (Wildman–Crippen MR) is 108 cm³/mol. The monoisotopic (exact) mass is 448 g/mol. The van der Waals surface area contributed by atoms with Crippen molar-refractivity contribution in [2.45, 2.75) is 32.0 Å². The normalized spacial score (nSPS) is 16.7. The molecule has 0 aromatic heterocycles. The van der Waals surface area contributed by atoms with Crippen LogP contribution in [0.1, 0.15) is 24.0 Å². The lowest BCUT2D eigenvalue weighted by molar-refractivity contribution is 0.0791. The van der Waals surface area contributed by atoms with Crippen molar-refractivity contribution in [1.82, 2.24) is 10.2 Å². The molecular formula is C17H29IN4O2. The minimum atomic E-state index is -0.135. The summed E-state index contributed by atoms with van der Waals surface area (Å²) in [4.78, 5) is 6.79. The molecule has 0 saturated carbocycles. The van der Waals surface area contributed by atoms with Crippen LogP contribution in [0.5, 0.6) is 0 Å². The highest BCUT2D eigenvalue weighted by Crippen LogP contribution is 2.17. The fraction of sp³-hybridized carbons (Fsp3) is 0.588. The first-order valence-corrected chi connectivity index (χ1v) is 8.19. The number of nitrogens with one attached hydrogen (secondary N) is 1. The van der Waals surface area contributed by atoms with E-state index in [1.165, 1.54) is 11.1 Å². The topological polar surface area (TPSA) is 83.1 Å². The minimum Gasteiger partial charge on any atom is -0.393 e. The van der Waals surface area contributed by atoms with Gasteiger partial charge in [0.25, 0.3) is 0 Å². The zero-order valence-electron chi connectivity index (χ0n) is 14.3. The van der Waals surface area contributed by atoms with E-state index in [-0.39, 0.29) is 30.1 Å². The molecule has 0 unspecified atom stereocenters. The van der Waals surface area contributed by atoms with Crippen molar-refractivity contribution in [2.75, 3.05) is 33.4 Å². The van der Waals surface area contributed by atoms with Crippen LogP contribution in [-0.4, -0.2) is 55.4 Å². The number of halogens is 1. The molecule has 0 bridgehead atoms. The van der Waals surface area contributed by atoms with Gasteiger partial charge in [0.15, 0.2) is 5.96 Å². The van der Waals surface area contributed by atoms with Crippen LogP contribution in [0.4, 0.5) is 0 Å². The summed E-state index contributed by atoms with van der Waals surface area (Å²) in [7, 11) is 1.66. The van der Waals surface area contributed by atoms with Crippen molar-refractivity contribution in [1.29, 1.82) is 0 Å². The number of nitrogens with zero attached hydrogens (tertiary/aromatic N) is 2. The third kappa shape index (κ3) is 7.33. The number of likely N-dealkylation sites (tertiary alicyclic amines) is 1. The average Bonchev–Trinajstić information content (AvgIpc) is 2.56. The Morgan fingerprint density at radius 1 is 1.33 bits per heavy atom. The quantitative estimate of drug-likeness (QED) is 0.254. The van der Waals surface area contributed by atoms with Gasteiger partial charge in [0.1, 0.15) is 0 Å². The van der Waals surface area contributed by atoms with E-state index in [4.69, 9.17) is 10.5 Å². The molecule has 1 saturated heterocycles. The first-order chi connectivity index (χ1) is 11.2. The SMILES string of the molecule is COCCNC(N)=NCc1ccccc1CN1CCC(O)CC1.I. The van der Waals surface area contributed by atoms with E-state index in [1.807, 2.05) is 6.07 Å². The Kier molecular flexibility index (Phi) is 10.2. The molecule has 1 fully saturated rings. The molecule has 1 aliphatic rings. The van der Waals surface area contributed by atoms with E-state index < -0.39 is 0 Å². The van der Waals surface area contributed by atoms with E-state index in [2.05, 4.69) is 33.4 Å². The minimum absolute atomic E-state index is 0. The average molecular weight is 448 g/mol. The van der Waals surface area contributed by atoms with Crippen molar-refractivity contribution in [3.05, 3.63) is 35.4 Å². The fourth-order valence-corrected chi connectivity index (χ4v) is 2.69. The van der Waals surface area contributed by atoms with Gasteiger partial charge in [0.2, 0.25) is 0 Å². The molecule has 1 aromatic carbocycles. The van der Waals surface area contributed by atoms with Gasteiger partial charge >= 0.3 is 0 Å². The van der Waals surface area contributed by atoms with Gasteiger partial charge in [-0.3, -0.25) is 4.90 Å². The predicted octanol–water partition coefficient (Wildman–Crippen LogP) is 1.31. The van der Waals surface area contributed by atoms with Crippen molar-refractivity contribution < 1.29 is 9.84 Å². The number of rotatable bonds is 7. The Morgan fingerprint density at radius 2 is 2.00 bits per heavy atom. The second-order valence-electron chi connectivity index (χ2n) is 5.90. The maximum Gasteiger partial charge on any atom is 0.188 e. The summed E-state index contributed by atoms with van der Waals surface area (Å²) >= 11 is 0. The van der Waals surface area contributed by atoms with Crippen LogP contribution < -0.4 is 11.1 Å². The molecule has 2 rings (SSSR count). The zero-order chi connectivity index (χ0) is 16.5. The fourth-order valence-electron chi connectivity index (χ4n) is 2.69. The number of guanidine groups is 1. The Bertz CT molecular complexity index is 505. The summed E-state index contributed by atoms with van der Waals surface area (Å²) in [5, 5.41) is 12.6. The third-order valence-corrected chi connectivity index (χ3v) is 4.10. The molecule has 0 atom stereocenters. The van der Waals surface area contributed by atoms with Crippen LogP contribution in [0.3, 0.4) is 0 Å². The van der Waals surface area contributed by atoms with Gasteiger partial charge in [0.05, 0.1) is 19.3 Å². The highest BCUT2D eigenvalue weighted by atomic mass is 127. The molecule has 24 heavy (non-hydrogen) atoms. The summed E-state index contributed by atoms with van der Waals surface area (Å²) < 4.78 is 4.97. The number of hydrogen-bond donors (Lipinski definition) is 3. The first kappa shape index (κ1) is 21.1. The molecule has 0 aliphatic carbocycles. The maximum atomic E-state index is 9.61. The van der Waals surface area contributed by atoms with Crippen molar-refractivity contribution in [3.63, 3.8) is 0 Å². The molecule has 0 radical (unpaired) electrons. The number of aliphatic hydroxyl groups excluding tert-OH is 1. The summed E-state index contributed by atoms with van der Waals surface area (Å²) in [5.41, 5.74) is 8.32. The van der Waals surface area contributed by atoms with E-state index in [9.17, 15) is 5.11 Å². The van der Waals surface area contributed by atoms with Crippen molar-refractivity contribution in [3.8, 4) is 0 Å². The highest BCUT2D eigenvalue weighted by molar-refractivity contribution is 14.0.